The first-order valence-corrected chi connectivity index (χ1v) is 11.5. The van der Waals surface area contributed by atoms with Crippen molar-refractivity contribution in [2.24, 2.45) is 0 Å². The van der Waals surface area contributed by atoms with Gasteiger partial charge in [0.1, 0.15) is 11.9 Å². The molecule has 0 radical (unpaired) electrons. The van der Waals surface area contributed by atoms with Crippen LogP contribution in [-0.2, 0) is 11.2 Å². The van der Waals surface area contributed by atoms with E-state index < -0.39 is 5.25 Å². The molecule has 0 aliphatic heterocycles. The van der Waals surface area contributed by atoms with Gasteiger partial charge in [0.25, 0.3) is 0 Å². The van der Waals surface area contributed by atoms with Crippen molar-refractivity contribution in [1.82, 2.24) is 14.8 Å². The molecule has 1 amide bonds. The minimum atomic E-state index is -0.475. The van der Waals surface area contributed by atoms with Crippen LogP contribution in [0.15, 0.2) is 84.0 Å². The number of carbonyl (C=O) groups is 1. The molecular formula is C25H20ClN5OS. The summed E-state index contributed by atoms with van der Waals surface area (Å²) in [7, 11) is 0. The van der Waals surface area contributed by atoms with Crippen LogP contribution in [0.3, 0.4) is 0 Å². The van der Waals surface area contributed by atoms with Crippen LogP contribution in [0.25, 0.3) is 5.69 Å². The Morgan fingerprint density at radius 1 is 1.06 bits per heavy atom. The number of amides is 1. The van der Waals surface area contributed by atoms with E-state index >= 15 is 0 Å². The monoisotopic (exact) mass is 473 g/mol. The lowest BCUT2D eigenvalue weighted by molar-refractivity contribution is -0.115. The Morgan fingerprint density at radius 3 is 2.48 bits per heavy atom. The van der Waals surface area contributed by atoms with Crippen molar-refractivity contribution in [2.75, 3.05) is 5.32 Å². The summed E-state index contributed by atoms with van der Waals surface area (Å²) < 4.78 is 1.95. The zero-order valence-corrected chi connectivity index (χ0v) is 19.3. The number of benzene rings is 3. The van der Waals surface area contributed by atoms with Gasteiger partial charge >= 0.3 is 0 Å². The normalized spacial score (nSPS) is 11.5. The highest BCUT2D eigenvalue weighted by Gasteiger charge is 2.22. The molecule has 0 aliphatic rings. The number of anilines is 1. The van der Waals surface area contributed by atoms with Gasteiger partial charge in [-0.15, -0.1) is 10.2 Å². The molecule has 6 nitrogen and oxygen atoms in total. The quantitative estimate of drug-likeness (QED) is 0.358. The molecule has 0 bridgehead atoms. The van der Waals surface area contributed by atoms with Crippen LogP contribution in [0.1, 0.15) is 23.9 Å². The molecule has 1 heterocycles. The Hall–Kier alpha value is -3.60. The molecule has 0 aliphatic carbocycles. The second kappa shape index (κ2) is 10.3. The van der Waals surface area contributed by atoms with Gasteiger partial charge in [-0.1, -0.05) is 65.8 Å². The van der Waals surface area contributed by atoms with E-state index in [1.54, 1.807) is 31.2 Å². The summed E-state index contributed by atoms with van der Waals surface area (Å²) in [5.41, 5.74) is 2.87. The zero-order valence-electron chi connectivity index (χ0n) is 17.8. The summed E-state index contributed by atoms with van der Waals surface area (Å²) in [6, 6.07) is 26.5. The van der Waals surface area contributed by atoms with E-state index in [0.717, 1.165) is 17.1 Å². The van der Waals surface area contributed by atoms with Crippen molar-refractivity contribution in [3.8, 4) is 11.8 Å². The number of hydrogen-bond acceptors (Lipinski definition) is 5. The molecule has 0 spiro atoms. The van der Waals surface area contributed by atoms with Crippen LogP contribution < -0.4 is 5.32 Å². The molecule has 8 heteroatoms. The fraction of sp³-hybridized carbons (Fsp3) is 0.120. The lowest BCUT2D eigenvalue weighted by atomic mass is 10.1. The minimum Gasteiger partial charge on any atom is -0.324 e. The Kier molecular flexibility index (Phi) is 7.08. The third-order valence-corrected chi connectivity index (χ3v) is 6.24. The lowest BCUT2D eigenvalue weighted by Crippen LogP contribution is -2.23. The molecule has 1 aromatic heterocycles. The Balaban J connectivity index is 1.60. The van der Waals surface area contributed by atoms with Crippen LogP contribution in [0.2, 0.25) is 5.02 Å². The number of hydrogen-bond donors (Lipinski definition) is 1. The average molecular weight is 474 g/mol. The Morgan fingerprint density at radius 2 is 1.76 bits per heavy atom. The highest BCUT2D eigenvalue weighted by Crippen LogP contribution is 2.28. The standard InChI is InChI=1S/C25H20ClN5OS/c1-17(24(32)28-22-10-6-5-9-19(22)16-27)33-25-30-29-23(15-18-7-3-2-4-8-18)31(25)21-13-11-20(26)12-14-21/h2-14,17H,15H2,1H3,(H,28,32). The van der Waals surface area contributed by atoms with E-state index in [9.17, 15) is 10.1 Å². The number of rotatable bonds is 7. The first-order valence-electron chi connectivity index (χ1n) is 10.3. The van der Waals surface area contributed by atoms with Crippen molar-refractivity contribution in [2.45, 2.75) is 23.8 Å². The Labute approximate surface area is 201 Å². The number of aromatic nitrogens is 3. The van der Waals surface area contributed by atoms with Crippen molar-refractivity contribution >= 4 is 35.0 Å². The molecule has 1 N–H and O–H groups in total. The third-order valence-electron chi connectivity index (χ3n) is 4.95. The van der Waals surface area contributed by atoms with Gasteiger partial charge in [-0.05, 0) is 48.9 Å². The number of halogens is 1. The van der Waals surface area contributed by atoms with E-state index in [1.165, 1.54) is 11.8 Å². The number of nitrogens with zero attached hydrogens (tertiary/aromatic N) is 4. The van der Waals surface area contributed by atoms with Crippen LogP contribution in [0.4, 0.5) is 5.69 Å². The maximum atomic E-state index is 12.9. The summed E-state index contributed by atoms with van der Waals surface area (Å²) >= 11 is 7.39. The minimum absolute atomic E-state index is 0.224. The first-order chi connectivity index (χ1) is 16.0. The van der Waals surface area contributed by atoms with Crippen LogP contribution in [0.5, 0.6) is 0 Å². The van der Waals surface area contributed by atoms with Crippen molar-refractivity contribution < 1.29 is 4.79 Å². The smallest absolute Gasteiger partial charge is 0.237 e. The molecule has 4 rings (SSSR count). The van der Waals surface area contributed by atoms with E-state index in [4.69, 9.17) is 11.6 Å². The summed E-state index contributed by atoms with van der Waals surface area (Å²) in [5.74, 6) is 0.534. The van der Waals surface area contributed by atoms with Gasteiger partial charge in [0, 0.05) is 17.1 Å². The largest absolute Gasteiger partial charge is 0.324 e. The maximum absolute atomic E-state index is 12.9. The zero-order chi connectivity index (χ0) is 23.2. The summed E-state index contributed by atoms with van der Waals surface area (Å²) in [4.78, 5) is 12.9. The fourth-order valence-electron chi connectivity index (χ4n) is 3.25. The molecule has 0 fully saturated rings. The van der Waals surface area contributed by atoms with Crippen LogP contribution >= 0.6 is 23.4 Å². The molecule has 4 aromatic rings. The molecule has 0 saturated carbocycles. The van der Waals surface area contributed by atoms with Crippen LogP contribution in [0, 0.1) is 11.3 Å². The second-order valence-electron chi connectivity index (χ2n) is 7.28. The SMILES string of the molecule is CC(Sc1nnc(Cc2ccccc2)n1-c1ccc(Cl)cc1)C(=O)Nc1ccccc1C#N. The Bertz CT molecular complexity index is 1300. The van der Waals surface area contributed by atoms with Gasteiger partial charge < -0.3 is 5.32 Å². The summed E-state index contributed by atoms with van der Waals surface area (Å²) in [5, 5.41) is 21.7. The highest BCUT2D eigenvalue weighted by atomic mass is 35.5. The first kappa shape index (κ1) is 22.6. The second-order valence-corrected chi connectivity index (χ2v) is 9.02. The van der Waals surface area contributed by atoms with Gasteiger partial charge in [0.2, 0.25) is 5.91 Å². The molecular weight excluding hydrogens is 454 g/mol. The maximum Gasteiger partial charge on any atom is 0.237 e. The van der Waals surface area contributed by atoms with E-state index in [0.29, 0.717) is 27.9 Å². The van der Waals surface area contributed by atoms with Gasteiger partial charge in [-0.2, -0.15) is 5.26 Å². The lowest BCUT2D eigenvalue weighted by Gasteiger charge is -2.14. The number of para-hydroxylation sites is 1. The van der Waals surface area contributed by atoms with Crippen molar-refractivity contribution in [1.29, 1.82) is 5.26 Å². The summed E-state index contributed by atoms with van der Waals surface area (Å²) in [6.07, 6.45) is 0.590. The predicted octanol–water partition coefficient (Wildman–Crippen LogP) is 5.50. The van der Waals surface area contributed by atoms with Crippen molar-refractivity contribution in [3.63, 3.8) is 0 Å². The van der Waals surface area contributed by atoms with E-state index in [1.807, 2.05) is 59.2 Å². The average Bonchev–Trinajstić information content (AvgIpc) is 3.22. The highest BCUT2D eigenvalue weighted by molar-refractivity contribution is 8.00. The van der Waals surface area contributed by atoms with Gasteiger partial charge in [-0.3, -0.25) is 9.36 Å². The molecule has 0 saturated heterocycles. The van der Waals surface area contributed by atoms with Gasteiger partial charge in [-0.25, -0.2) is 0 Å². The van der Waals surface area contributed by atoms with Gasteiger partial charge in [0.15, 0.2) is 5.16 Å². The number of nitrogens with one attached hydrogen (secondary N) is 1. The number of carbonyl (C=O) groups excluding carboxylic acids is 1. The molecule has 1 atom stereocenters. The fourth-order valence-corrected chi connectivity index (χ4v) is 4.27. The predicted molar refractivity (Wildman–Crippen MR) is 131 cm³/mol. The van der Waals surface area contributed by atoms with E-state index in [2.05, 4.69) is 21.6 Å². The molecule has 164 valence electrons. The molecule has 3 aromatic carbocycles. The number of nitriles is 1. The van der Waals surface area contributed by atoms with Crippen LogP contribution in [-0.4, -0.2) is 25.9 Å². The molecule has 33 heavy (non-hydrogen) atoms. The van der Waals surface area contributed by atoms with Crippen molar-refractivity contribution in [3.05, 3.63) is 101 Å². The topological polar surface area (TPSA) is 83.6 Å². The van der Waals surface area contributed by atoms with E-state index in [-0.39, 0.29) is 5.91 Å². The van der Waals surface area contributed by atoms with Gasteiger partial charge in [0.05, 0.1) is 16.5 Å². The summed E-state index contributed by atoms with van der Waals surface area (Å²) in [6.45, 7) is 1.80. The number of thioether (sulfide) groups is 1. The third kappa shape index (κ3) is 5.43. The molecule has 1 unspecified atom stereocenters.